The Morgan fingerprint density at radius 3 is 2.41 bits per heavy atom. The van der Waals surface area contributed by atoms with Crippen LogP contribution in [0.2, 0.25) is 5.02 Å². The number of fused-ring (bicyclic) bond motifs is 1. The molecule has 0 saturated heterocycles. The lowest BCUT2D eigenvalue weighted by molar-refractivity contribution is 0.554. The molecule has 0 radical (unpaired) electrons. The van der Waals surface area contributed by atoms with Crippen LogP contribution in [-0.4, -0.2) is 33.4 Å². The van der Waals surface area contributed by atoms with Gasteiger partial charge in [-0.25, -0.2) is 27.9 Å². The minimum absolute atomic E-state index is 0.134. The Morgan fingerprint density at radius 2 is 1.73 bits per heavy atom. The topological polar surface area (TPSA) is 105 Å². The van der Waals surface area contributed by atoms with Crippen LogP contribution in [0.25, 0.3) is 10.9 Å². The first-order chi connectivity index (χ1) is 17.6. The molecule has 3 heterocycles. The van der Waals surface area contributed by atoms with Crippen molar-refractivity contribution in [3.05, 3.63) is 97.4 Å². The maximum atomic E-state index is 14.3. The van der Waals surface area contributed by atoms with Crippen LogP contribution in [0.5, 0.6) is 0 Å². The monoisotopic (exact) mass is 526 g/mol. The van der Waals surface area contributed by atoms with Crippen molar-refractivity contribution in [2.75, 3.05) is 5.32 Å². The summed E-state index contributed by atoms with van der Waals surface area (Å²) in [5, 5.41) is 8.28. The minimum Gasteiger partial charge on any atom is -0.340 e. The average molecular weight is 527 g/mol. The zero-order chi connectivity index (χ0) is 26.4. The zero-order valence-electron chi connectivity index (χ0n) is 20.0. The molecule has 0 aliphatic rings. The molecule has 0 saturated carbocycles. The number of nitrogens with one attached hydrogen (secondary N) is 1. The Hall–Kier alpha value is -4.32. The van der Waals surface area contributed by atoms with Gasteiger partial charge in [-0.3, -0.25) is 9.25 Å². The van der Waals surface area contributed by atoms with Crippen LogP contribution in [0.3, 0.4) is 0 Å². The molecule has 0 atom stereocenters. The van der Waals surface area contributed by atoms with Crippen LogP contribution < -0.4 is 16.7 Å². The number of nitrogens with zero attached hydrogens (tertiary/aromatic N) is 7. The van der Waals surface area contributed by atoms with Gasteiger partial charge in [0.1, 0.15) is 11.6 Å². The summed E-state index contributed by atoms with van der Waals surface area (Å²) < 4.78 is 33.9. The molecule has 37 heavy (non-hydrogen) atoms. The highest BCUT2D eigenvalue weighted by Crippen LogP contribution is 2.29. The normalized spacial score (nSPS) is 11.4. The Bertz CT molecular complexity index is 1760. The third-order valence-corrected chi connectivity index (χ3v) is 6.18. The molecule has 13 heteroatoms. The van der Waals surface area contributed by atoms with E-state index in [0.29, 0.717) is 16.9 Å². The van der Waals surface area contributed by atoms with Gasteiger partial charge in [-0.1, -0.05) is 11.6 Å². The zero-order valence-corrected chi connectivity index (χ0v) is 20.8. The second-order valence-corrected chi connectivity index (χ2v) is 9.11. The molecule has 3 aromatic heterocycles. The first kappa shape index (κ1) is 24.4. The molecule has 190 valence electrons. The summed E-state index contributed by atoms with van der Waals surface area (Å²) in [6.45, 7) is 0.918. The van der Waals surface area contributed by atoms with Crippen LogP contribution in [0.4, 0.5) is 20.4 Å². The highest BCUT2D eigenvalue weighted by Gasteiger charge is 2.18. The number of anilines is 2. The number of hydrogen-bond acceptors (Lipinski definition) is 6. The van der Waals surface area contributed by atoms with Gasteiger partial charge in [0.2, 0.25) is 5.95 Å². The van der Waals surface area contributed by atoms with Crippen LogP contribution in [0, 0.1) is 18.6 Å². The summed E-state index contributed by atoms with van der Waals surface area (Å²) in [6, 6.07) is 5.61. The number of rotatable bonds is 6. The van der Waals surface area contributed by atoms with Gasteiger partial charge in [-0.05, 0) is 36.8 Å². The largest absolute Gasteiger partial charge is 0.355 e. The molecule has 0 fully saturated rings. The fourth-order valence-electron chi connectivity index (χ4n) is 3.97. The quantitative estimate of drug-likeness (QED) is 0.364. The van der Waals surface area contributed by atoms with E-state index < -0.39 is 23.0 Å². The van der Waals surface area contributed by atoms with E-state index in [2.05, 4.69) is 20.4 Å². The van der Waals surface area contributed by atoms with E-state index in [1.807, 2.05) is 0 Å². The minimum atomic E-state index is -0.825. The van der Waals surface area contributed by atoms with E-state index in [4.69, 9.17) is 11.6 Å². The van der Waals surface area contributed by atoms with Gasteiger partial charge in [0.05, 0.1) is 41.3 Å². The fourth-order valence-corrected chi connectivity index (χ4v) is 4.18. The third kappa shape index (κ3) is 4.75. The lowest BCUT2D eigenvalue weighted by Crippen LogP contribution is -2.43. The van der Waals surface area contributed by atoms with Crippen LogP contribution in [0.15, 0.2) is 52.6 Å². The average Bonchev–Trinajstić information content (AvgIpc) is 3.41. The lowest BCUT2D eigenvalue weighted by Gasteiger charge is -2.16. The Labute approximate surface area is 213 Å². The second-order valence-electron chi connectivity index (χ2n) is 8.71. The highest BCUT2D eigenvalue weighted by atomic mass is 35.5. The van der Waals surface area contributed by atoms with E-state index in [9.17, 15) is 18.4 Å². The highest BCUT2D eigenvalue weighted by molar-refractivity contribution is 6.34. The number of aryl methyl sites for hydroxylation is 2. The van der Waals surface area contributed by atoms with Crippen LogP contribution in [-0.2, 0) is 27.2 Å². The predicted molar refractivity (Wildman–Crippen MR) is 134 cm³/mol. The molecule has 10 nitrogen and oxygen atoms in total. The standard InChI is InChI=1S/C24H21ClF2N8O2/c1-13-18(26)4-14(5-19(13)27)8-34-22(29-21-6-15-9-33(3)31-20(15)7-17(21)25)30-23(36)35(24(34)37)11-16-10-32(2)12-28-16/h4-7,9-10,12H,8,11H2,1-3H3,(H,29,30,36). The van der Waals surface area contributed by atoms with E-state index in [-0.39, 0.29) is 35.2 Å². The van der Waals surface area contributed by atoms with Crippen molar-refractivity contribution in [2.24, 2.45) is 14.1 Å². The number of halogens is 3. The molecule has 1 N–H and O–H groups in total. The SMILES string of the molecule is Cc1c(F)cc(Cn2c(Nc3cc4cn(C)nc4cc3Cl)nc(=O)n(Cc3cn(C)cn3)c2=O)cc1F. The summed E-state index contributed by atoms with van der Waals surface area (Å²) in [7, 11) is 3.52. The molecule has 0 unspecified atom stereocenters. The number of aromatic nitrogens is 7. The lowest BCUT2D eigenvalue weighted by atomic mass is 10.1. The molecule has 0 amide bonds. The predicted octanol–water partition coefficient (Wildman–Crippen LogP) is 3.11. The van der Waals surface area contributed by atoms with E-state index in [1.54, 1.807) is 47.9 Å². The molecule has 0 bridgehead atoms. The smallest absolute Gasteiger partial charge is 0.340 e. The molecule has 5 aromatic rings. The summed E-state index contributed by atoms with van der Waals surface area (Å²) in [5.41, 5.74) is -0.0463. The Kier molecular flexibility index (Phi) is 6.12. The molecule has 5 rings (SSSR count). The van der Waals surface area contributed by atoms with E-state index in [0.717, 1.165) is 26.7 Å². The molecular weight excluding hydrogens is 506 g/mol. The molecule has 0 aliphatic heterocycles. The van der Waals surface area contributed by atoms with Crippen molar-refractivity contribution in [3.63, 3.8) is 0 Å². The third-order valence-electron chi connectivity index (χ3n) is 5.86. The van der Waals surface area contributed by atoms with Gasteiger partial charge in [0.25, 0.3) is 0 Å². The summed E-state index contributed by atoms with van der Waals surface area (Å²) >= 11 is 6.43. The summed E-state index contributed by atoms with van der Waals surface area (Å²) in [5.74, 6) is -1.64. The van der Waals surface area contributed by atoms with E-state index in [1.165, 1.54) is 13.3 Å². The Balaban J connectivity index is 1.63. The fraction of sp³-hybridized carbons (Fsp3) is 0.208. The van der Waals surface area contributed by atoms with Crippen molar-refractivity contribution in [1.29, 1.82) is 0 Å². The van der Waals surface area contributed by atoms with Crippen molar-refractivity contribution < 1.29 is 8.78 Å². The summed E-state index contributed by atoms with van der Waals surface area (Å²) in [6.07, 6.45) is 4.98. The van der Waals surface area contributed by atoms with Crippen molar-refractivity contribution in [3.8, 4) is 0 Å². The van der Waals surface area contributed by atoms with Crippen LogP contribution >= 0.6 is 11.6 Å². The van der Waals surface area contributed by atoms with Gasteiger partial charge < -0.3 is 9.88 Å². The maximum Gasteiger partial charge on any atom is 0.355 e. The van der Waals surface area contributed by atoms with Gasteiger partial charge in [0, 0.05) is 37.4 Å². The molecule has 0 spiro atoms. The van der Waals surface area contributed by atoms with Crippen molar-refractivity contribution in [1.82, 2.24) is 33.4 Å². The van der Waals surface area contributed by atoms with Crippen molar-refractivity contribution in [2.45, 2.75) is 20.0 Å². The van der Waals surface area contributed by atoms with Crippen molar-refractivity contribution >= 4 is 34.1 Å². The number of hydrogen-bond donors (Lipinski definition) is 1. The molecule has 0 aliphatic carbocycles. The summed E-state index contributed by atoms with van der Waals surface area (Å²) in [4.78, 5) is 34.7. The van der Waals surface area contributed by atoms with Crippen LogP contribution in [0.1, 0.15) is 16.8 Å². The van der Waals surface area contributed by atoms with Gasteiger partial charge >= 0.3 is 11.4 Å². The number of benzene rings is 2. The first-order valence-corrected chi connectivity index (χ1v) is 11.5. The Morgan fingerprint density at radius 1 is 1.00 bits per heavy atom. The second kappa shape index (κ2) is 9.28. The maximum absolute atomic E-state index is 14.3. The first-order valence-electron chi connectivity index (χ1n) is 11.1. The molecule has 2 aromatic carbocycles. The van der Waals surface area contributed by atoms with E-state index >= 15 is 0 Å². The number of imidazole rings is 1. The van der Waals surface area contributed by atoms with Gasteiger partial charge in [-0.15, -0.1) is 0 Å². The van der Waals surface area contributed by atoms with Gasteiger partial charge in [0.15, 0.2) is 0 Å². The van der Waals surface area contributed by atoms with Gasteiger partial charge in [-0.2, -0.15) is 10.1 Å². The molecular formula is C24H21ClF2N8O2.